The number of hydrogen-bond acceptors (Lipinski definition) is 5. The maximum Gasteiger partial charge on any atom is 0.338 e. The summed E-state index contributed by atoms with van der Waals surface area (Å²) in [4.78, 5) is 24.9. The smallest absolute Gasteiger partial charge is 0.338 e. The van der Waals surface area contributed by atoms with Crippen LogP contribution in [0.1, 0.15) is 38.8 Å². The molecule has 0 aliphatic rings. The summed E-state index contributed by atoms with van der Waals surface area (Å²) in [7, 11) is -3.56. The molecule has 3 aromatic carbocycles. The predicted octanol–water partition coefficient (Wildman–Crippen LogP) is 5.04. The van der Waals surface area contributed by atoms with Gasteiger partial charge in [0, 0.05) is 16.3 Å². The average Bonchev–Trinajstić information content (AvgIpc) is 2.78. The van der Waals surface area contributed by atoms with Crippen molar-refractivity contribution in [3.05, 3.63) is 94.0 Å². The number of ether oxygens (including phenoxy) is 1. The zero-order valence-corrected chi connectivity index (χ0v) is 20.6. The molecule has 0 radical (unpaired) electrons. The number of nitrogens with one attached hydrogen (secondary N) is 1. The Bertz CT molecular complexity index is 1310. The van der Waals surface area contributed by atoms with Gasteiger partial charge in [-0.25, -0.2) is 13.2 Å². The van der Waals surface area contributed by atoms with Crippen molar-refractivity contribution < 1.29 is 22.7 Å². The Morgan fingerprint density at radius 3 is 2.32 bits per heavy atom. The summed E-state index contributed by atoms with van der Waals surface area (Å²) in [6.45, 7) is 3.81. The molecule has 3 aromatic rings. The van der Waals surface area contributed by atoms with Gasteiger partial charge in [-0.2, -0.15) is 0 Å². The van der Waals surface area contributed by atoms with Crippen LogP contribution in [0.3, 0.4) is 0 Å². The van der Waals surface area contributed by atoms with Crippen molar-refractivity contribution in [1.29, 1.82) is 0 Å². The zero-order chi connectivity index (χ0) is 24.9. The molecule has 3 rings (SSSR count). The van der Waals surface area contributed by atoms with E-state index in [-0.39, 0.29) is 19.1 Å². The second-order valence-electron chi connectivity index (χ2n) is 7.60. The number of amides is 1. The van der Waals surface area contributed by atoms with Gasteiger partial charge in [-0.15, -0.1) is 0 Å². The van der Waals surface area contributed by atoms with Crippen molar-refractivity contribution in [1.82, 2.24) is 0 Å². The predicted molar refractivity (Wildman–Crippen MR) is 134 cm³/mol. The molecule has 0 saturated carbocycles. The Morgan fingerprint density at radius 2 is 1.71 bits per heavy atom. The van der Waals surface area contributed by atoms with Crippen molar-refractivity contribution in [3.8, 4) is 0 Å². The fourth-order valence-electron chi connectivity index (χ4n) is 3.35. The molecule has 0 unspecified atom stereocenters. The van der Waals surface area contributed by atoms with E-state index in [0.717, 1.165) is 6.26 Å². The van der Waals surface area contributed by atoms with Gasteiger partial charge in [-0.3, -0.25) is 9.10 Å². The summed E-state index contributed by atoms with van der Waals surface area (Å²) in [5, 5.41) is 3.24. The molecule has 0 fully saturated rings. The quantitative estimate of drug-likeness (QED) is 0.437. The highest BCUT2D eigenvalue weighted by Crippen LogP contribution is 2.24. The number of sulfonamides is 1. The Kier molecular flexibility index (Phi) is 7.96. The number of carbonyl (C=O) groups is 2. The van der Waals surface area contributed by atoms with E-state index in [9.17, 15) is 18.0 Å². The molecule has 0 saturated heterocycles. The van der Waals surface area contributed by atoms with E-state index in [2.05, 4.69) is 5.32 Å². The van der Waals surface area contributed by atoms with Crippen LogP contribution in [-0.2, 0) is 21.3 Å². The minimum atomic E-state index is -3.56. The second-order valence-corrected chi connectivity index (χ2v) is 9.94. The Balaban J connectivity index is 1.77. The molecule has 0 aromatic heterocycles. The number of halogens is 1. The van der Waals surface area contributed by atoms with Crippen molar-refractivity contribution in [2.45, 2.75) is 20.4 Å². The standard InChI is InChI=1S/C25H25ClN2O5S/c1-4-33-25(30)22-9-6-10-23(17(22)2)27-24(29)19-13-11-18(12-14-19)16-28(34(3,31)32)21-8-5-7-20(26)15-21/h5-15H,4,16H2,1-3H3,(H,27,29). The number of benzene rings is 3. The lowest BCUT2D eigenvalue weighted by Crippen LogP contribution is -2.29. The van der Waals surface area contributed by atoms with Crippen LogP contribution in [0.4, 0.5) is 11.4 Å². The molecule has 0 aliphatic heterocycles. The summed E-state index contributed by atoms with van der Waals surface area (Å²) >= 11 is 6.03. The normalized spacial score (nSPS) is 11.1. The van der Waals surface area contributed by atoms with E-state index in [4.69, 9.17) is 16.3 Å². The molecule has 0 heterocycles. The second kappa shape index (κ2) is 10.7. The topological polar surface area (TPSA) is 92.8 Å². The molecular weight excluding hydrogens is 476 g/mol. The highest BCUT2D eigenvalue weighted by atomic mass is 35.5. The van der Waals surface area contributed by atoms with Crippen LogP contribution in [0.5, 0.6) is 0 Å². The van der Waals surface area contributed by atoms with Gasteiger partial charge in [0.2, 0.25) is 10.0 Å². The number of anilines is 2. The molecule has 1 amide bonds. The maximum absolute atomic E-state index is 12.8. The van der Waals surface area contributed by atoms with Crippen molar-refractivity contribution >= 4 is 44.9 Å². The van der Waals surface area contributed by atoms with E-state index in [0.29, 0.717) is 38.7 Å². The first kappa shape index (κ1) is 25.3. The van der Waals surface area contributed by atoms with Crippen molar-refractivity contribution in [3.63, 3.8) is 0 Å². The Hall–Kier alpha value is -3.36. The van der Waals surface area contributed by atoms with Gasteiger partial charge in [0.05, 0.1) is 30.7 Å². The summed E-state index contributed by atoms with van der Waals surface area (Å²) in [5.74, 6) is -0.805. The Labute approximate surface area is 204 Å². The monoisotopic (exact) mass is 500 g/mol. The Morgan fingerprint density at radius 1 is 1.03 bits per heavy atom. The lowest BCUT2D eigenvalue weighted by atomic mass is 10.1. The van der Waals surface area contributed by atoms with Gasteiger partial charge >= 0.3 is 5.97 Å². The lowest BCUT2D eigenvalue weighted by molar-refractivity contribution is 0.0525. The molecular formula is C25H25ClN2O5S. The average molecular weight is 501 g/mol. The summed E-state index contributed by atoms with van der Waals surface area (Å²) in [6, 6.07) is 18.3. The zero-order valence-electron chi connectivity index (χ0n) is 19.0. The van der Waals surface area contributed by atoms with Crippen LogP contribution in [0, 0.1) is 6.92 Å². The van der Waals surface area contributed by atoms with Gasteiger partial charge in [-0.1, -0.05) is 35.9 Å². The van der Waals surface area contributed by atoms with E-state index in [1.807, 2.05) is 0 Å². The number of nitrogens with zero attached hydrogens (tertiary/aromatic N) is 1. The lowest BCUT2D eigenvalue weighted by Gasteiger charge is -2.23. The minimum absolute atomic E-state index is 0.0851. The van der Waals surface area contributed by atoms with Crippen LogP contribution in [0.2, 0.25) is 5.02 Å². The van der Waals surface area contributed by atoms with Crippen LogP contribution < -0.4 is 9.62 Å². The van der Waals surface area contributed by atoms with Crippen molar-refractivity contribution in [2.75, 3.05) is 22.5 Å². The molecule has 0 aliphatic carbocycles. The van der Waals surface area contributed by atoms with Crippen LogP contribution in [-0.4, -0.2) is 33.2 Å². The van der Waals surface area contributed by atoms with Crippen LogP contribution >= 0.6 is 11.6 Å². The third-order valence-electron chi connectivity index (χ3n) is 5.12. The largest absolute Gasteiger partial charge is 0.462 e. The highest BCUT2D eigenvalue weighted by molar-refractivity contribution is 7.92. The van der Waals surface area contributed by atoms with E-state index >= 15 is 0 Å². The summed E-state index contributed by atoms with van der Waals surface area (Å²) < 4.78 is 31.0. The van der Waals surface area contributed by atoms with Gasteiger partial charge in [0.1, 0.15) is 0 Å². The molecule has 9 heteroatoms. The van der Waals surface area contributed by atoms with E-state index in [1.165, 1.54) is 4.31 Å². The third kappa shape index (κ3) is 6.15. The summed E-state index contributed by atoms with van der Waals surface area (Å²) in [6.07, 6.45) is 1.13. The van der Waals surface area contributed by atoms with Gasteiger partial charge in [-0.05, 0) is 67.4 Å². The molecule has 34 heavy (non-hydrogen) atoms. The van der Waals surface area contributed by atoms with Gasteiger partial charge in [0.15, 0.2) is 0 Å². The molecule has 7 nitrogen and oxygen atoms in total. The fourth-order valence-corrected chi connectivity index (χ4v) is 4.42. The highest BCUT2D eigenvalue weighted by Gasteiger charge is 2.19. The summed E-state index contributed by atoms with van der Waals surface area (Å²) in [5.41, 5.74) is 3.03. The number of rotatable bonds is 8. The van der Waals surface area contributed by atoms with Crippen LogP contribution in [0.15, 0.2) is 66.7 Å². The van der Waals surface area contributed by atoms with E-state index in [1.54, 1.807) is 80.6 Å². The molecule has 0 atom stereocenters. The minimum Gasteiger partial charge on any atom is -0.462 e. The number of esters is 1. The van der Waals surface area contributed by atoms with Gasteiger partial charge < -0.3 is 10.1 Å². The molecule has 0 bridgehead atoms. The van der Waals surface area contributed by atoms with Gasteiger partial charge in [0.25, 0.3) is 5.91 Å². The maximum atomic E-state index is 12.8. The van der Waals surface area contributed by atoms with Crippen LogP contribution in [0.25, 0.3) is 0 Å². The molecule has 178 valence electrons. The molecule has 1 N–H and O–H groups in total. The first-order chi connectivity index (χ1) is 16.1. The third-order valence-corrected chi connectivity index (χ3v) is 6.49. The van der Waals surface area contributed by atoms with E-state index < -0.39 is 16.0 Å². The number of carbonyl (C=O) groups excluding carboxylic acids is 2. The first-order valence-corrected chi connectivity index (χ1v) is 12.7. The SMILES string of the molecule is CCOC(=O)c1cccc(NC(=O)c2ccc(CN(c3cccc(Cl)c3)S(C)(=O)=O)cc2)c1C. The van der Waals surface area contributed by atoms with Crippen molar-refractivity contribution in [2.24, 2.45) is 0 Å². The number of hydrogen-bond donors (Lipinski definition) is 1. The first-order valence-electron chi connectivity index (χ1n) is 10.5. The molecule has 0 spiro atoms. The fraction of sp³-hybridized carbons (Fsp3) is 0.200.